The first-order valence-corrected chi connectivity index (χ1v) is 8.53. The molecule has 1 saturated carbocycles. The number of rotatable bonds is 3. The molecule has 2 fully saturated rings. The van der Waals surface area contributed by atoms with Crippen LogP contribution in [0, 0.1) is 0 Å². The fourth-order valence-corrected chi connectivity index (χ4v) is 3.48. The summed E-state index contributed by atoms with van der Waals surface area (Å²) in [6.45, 7) is 10.7. The van der Waals surface area contributed by atoms with E-state index >= 15 is 4.39 Å². The molecule has 0 bridgehead atoms. The first kappa shape index (κ1) is 17.7. The highest BCUT2D eigenvalue weighted by molar-refractivity contribution is 5.85. The van der Waals surface area contributed by atoms with Gasteiger partial charge in [0.15, 0.2) is 5.67 Å². The third-order valence-electron chi connectivity index (χ3n) is 5.44. The summed E-state index contributed by atoms with van der Waals surface area (Å²) in [7, 11) is 1.69. The largest absolute Gasteiger partial charge is 0.372 e. The van der Waals surface area contributed by atoms with Gasteiger partial charge in [-0.25, -0.2) is 4.39 Å². The van der Waals surface area contributed by atoms with E-state index < -0.39 is 5.67 Å². The maximum atomic E-state index is 15.1. The van der Waals surface area contributed by atoms with E-state index in [0.717, 1.165) is 13.1 Å². The van der Waals surface area contributed by atoms with Crippen molar-refractivity contribution in [2.24, 2.45) is 0 Å². The highest BCUT2D eigenvalue weighted by Crippen LogP contribution is 2.42. The number of alkyl halides is 1. The van der Waals surface area contributed by atoms with Gasteiger partial charge in [-0.3, -0.25) is 9.69 Å². The molecule has 5 heteroatoms. The Balaban J connectivity index is 2.01. The van der Waals surface area contributed by atoms with Crippen LogP contribution in [0.4, 0.5) is 4.39 Å². The van der Waals surface area contributed by atoms with E-state index in [1.807, 2.05) is 13.8 Å². The summed E-state index contributed by atoms with van der Waals surface area (Å²) < 4.78 is 21.1. The first-order chi connectivity index (χ1) is 10.2. The molecule has 128 valence electrons. The standard InChI is InChI=1S/C17H31FN2O2/c1-13(2)19(5)15(21)17(18)8-6-16(7-9-17)12-20(14(3)4)10-11-22-16/h13-14H,6-12H2,1-5H3. The molecule has 1 heterocycles. The van der Waals surface area contributed by atoms with Gasteiger partial charge in [-0.2, -0.15) is 0 Å². The molecule has 0 aromatic carbocycles. The van der Waals surface area contributed by atoms with Gasteiger partial charge < -0.3 is 9.64 Å². The zero-order chi connectivity index (χ0) is 16.5. The summed E-state index contributed by atoms with van der Waals surface area (Å²) in [4.78, 5) is 16.3. The van der Waals surface area contributed by atoms with E-state index in [9.17, 15) is 4.79 Å². The van der Waals surface area contributed by atoms with E-state index in [4.69, 9.17) is 4.74 Å². The number of hydrogen-bond acceptors (Lipinski definition) is 3. The molecular weight excluding hydrogens is 283 g/mol. The topological polar surface area (TPSA) is 32.8 Å². The molecule has 1 amide bonds. The molecule has 2 rings (SSSR count). The lowest BCUT2D eigenvalue weighted by atomic mass is 9.75. The van der Waals surface area contributed by atoms with Gasteiger partial charge in [-0.1, -0.05) is 0 Å². The molecule has 1 aliphatic carbocycles. The number of nitrogens with zero attached hydrogens (tertiary/aromatic N) is 2. The Labute approximate surface area is 134 Å². The molecule has 1 saturated heterocycles. The van der Waals surface area contributed by atoms with Crippen LogP contribution in [-0.4, -0.2) is 65.8 Å². The normalized spacial score (nSPS) is 33.6. The van der Waals surface area contributed by atoms with Crippen molar-refractivity contribution in [3.05, 3.63) is 0 Å². The fraction of sp³-hybridized carbons (Fsp3) is 0.941. The summed E-state index contributed by atoms with van der Waals surface area (Å²) in [5.74, 6) is -0.367. The van der Waals surface area contributed by atoms with Crippen LogP contribution in [-0.2, 0) is 9.53 Å². The lowest BCUT2D eigenvalue weighted by Crippen LogP contribution is -2.58. The summed E-state index contributed by atoms with van der Waals surface area (Å²) >= 11 is 0. The second-order valence-corrected chi connectivity index (χ2v) is 7.57. The minimum absolute atomic E-state index is 0.0263. The van der Waals surface area contributed by atoms with Gasteiger partial charge in [0.25, 0.3) is 5.91 Å². The lowest BCUT2D eigenvalue weighted by Gasteiger charge is -2.49. The van der Waals surface area contributed by atoms with Crippen molar-refractivity contribution in [3.63, 3.8) is 0 Å². The number of carbonyl (C=O) groups is 1. The summed E-state index contributed by atoms with van der Waals surface area (Å²) in [5.41, 5.74) is -1.97. The van der Waals surface area contributed by atoms with Crippen LogP contribution in [0.5, 0.6) is 0 Å². The van der Waals surface area contributed by atoms with Gasteiger partial charge in [-0.05, 0) is 53.4 Å². The van der Waals surface area contributed by atoms with Crippen molar-refractivity contribution < 1.29 is 13.9 Å². The fourth-order valence-electron chi connectivity index (χ4n) is 3.48. The molecule has 0 atom stereocenters. The Morgan fingerprint density at radius 1 is 1.18 bits per heavy atom. The van der Waals surface area contributed by atoms with Gasteiger partial charge in [-0.15, -0.1) is 0 Å². The van der Waals surface area contributed by atoms with Gasteiger partial charge in [0, 0.05) is 32.2 Å². The molecule has 1 aliphatic heterocycles. The molecule has 22 heavy (non-hydrogen) atoms. The van der Waals surface area contributed by atoms with Crippen molar-refractivity contribution >= 4 is 5.91 Å². The highest BCUT2D eigenvalue weighted by atomic mass is 19.1. The molecular formula is C17H31FN2O2. The average Bonchev–Trinajstić information content (AvgIpc) is 2.49. The monoisotopic (exact) mass is 314 g/mol. The molecule has 0 aromatic heterocycles. The minimum atomic E-state index is -1.71. The number of ether oxygens (including phenoxy) is 1. The van der Waals surface area contributed by atoms with Crippen molar-refractivity contribution in [2.75, 3.05) is 26.7 Å². The molecule has 0 unspecified atom stereocenters. The van der Waals surface area contributed by atoms with Crippen molar-refractivity contribution in [2.45, 2.75) is 76.7 Å². The molecule has 0 N–H and O–H groups in total. The van der Waals surface area contributed by atoms with Gasteiger partial charge in [0.05, 0.1) is 12.2 Å². The molecule has 4 nitrogen and oxygen atoms in total. The van der Waals surface area contributed by atoms with E-state index in [1.165, 1.54) is 4.90 Å². The second kappa shape index (κ2) is 6.44. The molecule has 1 spiro atoms. The Morgan fingerprint density at radius 2 is 1.77 bits per heavy atom. The average molecular weight is 314 g/mol. The SMILES string of the molecule is CC(C)N1CCOC2(CCC(F)(C(=O)N(C)C(C)C)CC2)C1. The number of amides is 1. The Hall–Kier alpha value is -0.680. The number of morpholine rings is 1. The van der Waals surface area contributed by atoms with Gasteiger partial charge >= 0.3 is 0 Å². The summed E-state index contributed by atoms with van der Waals surface area (Å²) in [6.07, 6.45) is 1.80. The van der Waals surface area contributed by atoms with Crippen molar-refractivity contribution in [1.82, 2.24) is 9.80 Å². The third kappa shape index (κ3) is 3.46. The zero-order valence-electron chi connectivity index (χ0n) is 14.7. The zero-order valence-corrected chi connectivity index (χ0v) is 14.7. The van der Waals surface area contributed by atoms with Gasteiger partial charge in [0.2, 0.25) is 0 Å². The summed E-state index contributed by atoms with van der Waals surface area (Å²) in [5, 5.41) is 0. The van der Waals surface area contributed by atoms with Crippen LogP contribution in [0.25, 0.3) is 0 Å². The van der Waals surface area contributed by atoms with Crippen molar-refractivity contribution in [3.8, 4) is 0 Å². The lowest BCUT2D eigenvalue weighted by molar-refractivity contribution is -0.166. The molecule has 0 aromatic rings. The van der Waals surface area contributed by atoms with Crippen LogP contribution in [0.2, 0.25) is 0 Å². The van der Waals surface area contributed by atoms with E-state index in [0.29, 0.717) is 25.5 Å². The Morgan fingerprint density at radius 3 is 2.27 bits per heavy atom. The summed E-state index contributed by atoms with van der Waals surface area (Å²) in [6, 6.07) is 0.505. The second-order valence-electron chi connectivity index (χ2n) is 7.57. The number of hydrogen-bond donors (Lipinski definition) is 0. The van der Waals surface area contributed by atoms with Gasteiger partial charge in [0.1, 0.15) is 0 Å². The number of halogens is 1. The predicted octanol–water partition coefficient (Wildman–Crippen LogP) is 2.61. The number of carbonyl (C=O) groups excluding carboxylic acids is 1. The Kier molecular flexibility index (Phi) is 5.17. The van der Waals surface area contributed by atoms with E-state index in [1.54, 1.807) is 7.05 Å². The first-order valence-electron chi connectivity index (χ1n) is 8.53. The molecule has 0 radical (unpaired) electrons. The van der Waals surface area contributed by atoms with Crippen LogP contribution >= 0.6 is 0 Å². The van der Waals surface area contributed by atoms with Crippen LogP contribution in [0.15, 0.2) is 0 Å². The maximum Gasteiger partial charge on any atom is 0.260 e. The maximum absolute atomic E-state index is 15.1. The van der Waals surface area contributed by atoms with E-state index in [2.05, 4.69) is 18.7 Å². The predicted molar refractivity (Wildman–Crippen MR) is 85.6 cm³/mol. The van der Waals surface area contributed by atoms with E-state index in [-0.39, 0.29) is 30.4 Å². The Bertz CT molecular complexity index is 403. The molecule has 2 aliphatic rings. The van der Waals surface area contributed by atoms with Crippen LogP contribution in [0.1, 0.15) is 53.4 Å². The smallest absolute Gasteiger partial charge is 0.260 e. The minimum Gasteiger partial charge on any atom is -0.372 e. The third-order valence-corrected chi connectivity index (χ3v) is 5.44. The van der Waals surface area contributed by atoms with Crippen LogP contribution < -0.4 is 0 Å². The highest BCUT2D eigenvalue weighted by Gasteiger charge is 2.50. The van der Waals surface area contributed by atoms with Crippen LogP contribution in [0.3, 0.4) is 0 Å². The van der Waals surface area contributed by atoms with Crippen molar-refractivity contribution in [1.29, 1.82) is 0 Å². The quantitative estimate of drug-likeness (QED) is 0.803.